The van der Waals surface area contributed by atoms with E-state index in [1.54, 1.807) is 0 Å². The Kier molecular flexibility index (Phi) is 4.48. The van der Waals surface area contributed by atoms with E-state index in [0.29, 0.717) is 6.42 Å². The molecule has 104 valence electrons. The SMILES string of the molecule is CCc1ccc(-c2ccc(C[C@H](N)C(=O)O)cc2)cn1. The van der Waals surface area contributed by atoms with E-state index in [9.17, 15) is 4.79 Å². The van der Waals surface area contributed by atoms with Crippen molar-refractivity contribution < 1.29 is 9.90 Å². The van der Waals surface area contributed by atoms with Crippen molar-refractivity contribution in [2.45, 2.75) is 25.8 Å². The van der Waals surface area contributed by atoms with Gasteiger partial charge in [-0.2, -0.15) is 0 Å². The molecule has 2 aromatic rings. The quantitative estimate of drug-likeness (QED) is 0.873. The molecule has 2 rings (SSSR count). The van der Waals surface area contributed by atoms with Crippen LogP contribution >= 0.6 is 0 Å². The molecule has 0 bridgehead atoms. The normalized spacial score (nSPS) is 12.1. The van der Waals surface area contributed by atoms with Gasteiger partial charge in [-0.25, -0.2) is 0 Å². The molecule has 3 N–H and O–H groups in total. The molecule has 0 fully saturated rings. The zero-order valence-electron chi connectivity index (χ0n) is 11.4. The summed E-state index contributed by atoms with van der Waals surface area (Å²) in [5, 5.41) is 8.79. The number of hydrogen-bond donors (Lipinski definition) is 2. The molecular weight excluding hydrogens is 252 g/mol. The molecule has 0 amide bonds. The highest BCUT2D eigenvalue weighted by Gasteiger charge is 2.11. The van der Waals surface area contributed by atoms with Crippen LogP contribution in [0, 0.1) is 0 Å². The van der Waals surface area contributed by atoms with Gasteiger partial charge in [-0.15, -0.1) is 0 Å². The van der Waals surface area contributed by atoms with Crippen molar-refractivity contribution in [2.24, 2.45) is 5.73 Å². The maximum Gasteiger partial charge on any atom is 0.320 e. The van der Waals surface area contributed by atoms with Crippen molar-refractivity contribution in [3.63, 3.8) is 0 Å². The van der Waals surface area contributed by atoms with Gasteiger partial charge in [0.25, 0.3) is 0 Å². The summed E-state index contributed by atoms with van der Waals surface area (Å²) >= 11 is 0. The number of hydrogen-bond acceptors (Lipinski definition) is 3. The summed E-state index contributed by atoms with van der Waals surface area (Å²) in [5.74, 6) is -0.978. The molecule has 0 spiro atoms. The second-order valence-electron chi connectivity index (χ2n) is 4.74. The van der Waals surface area contributed by atoms with Gasteiger partial charge < -0.3 is 10.8 Å². The summed E-state index contributed by atoms with van der Waals surface area (Å²) in [6.45, 7) is 2.07. The van der Waals surface area contributed by atoms with Gasteiger partial charge in [0.15, 0.2) is 0 Å². The van der Waals surface area contributed by atoms with E-state index in [0.717, 1.165) is 28.8 Å². The number of nitrogens with two attached hydrogens (primary N) is 1. The third-order valence-electron chi connectivity index (χ3n) is 3.25. The summed E-state index contributed by atoms with van der Waals surface area (Å²) in [6.07, 6.45) is 3.12. The summed E-state index contributed by atoms with van der Waals surface area (Å²) in [6, 6.07) is 11.0. The minimum absolute atomic E-state index is 0.336. The lowest BCUT2D eigenvalue weighted by atomic mass is 10.0. The highest BCUT2D eigenvalue weighted by molar-refractivity contribution is 5.73. The highest BCUT2D eigenvalue weighted by atomic mass is 16.4. The van der Waals surface area contributed by atoms with Crippen LogP contribution in [0.5, 0.6) is 0 Å². The van der Waals surface area contributed by atoms with Gasteiger partial charge in [0.1, 0.15) is 6.04 Å². The van der Waals surface area contributed by atoms with Gasteiger partial charge in [-0.05, 0) is 30.0 Å². The number of benzene rings is 1. The van der Waals surface area contributed by atoms with Crippen molar-refractivity contribution >= 4 is 5.97 Å². The van der Waals surface area contributed by atoms with Crippen LogP contribution in [0.2, 0.25) is 0 Å². The van der Waals surface area contributed by atoms with Gasteiger partial charge in [0.2, 0.25) is 0 Å². The van der Waals surface area contributed by atoms with Crippen LogP contribution in [0.1, 0.15) is 18.2 Å². The van der Waals surface area contributed by atoms with Gasteiger partial charge in [-0.1, -0.05) is 37.3 Å². The van der Waals surface area contributed by atoms with E-state index in [-0.39, 0.29) is 0 Å². The van der Waals surface area contributed by atoms with Crippen LogP contribution in [0.25, 0.3) is 11.1 Å². The van der Waals surface area contributed by atoms with Gasteiger partial charge in [0, 0.05) is 17.5 Å². The first kappa shape index (κ1) is 14.2. The molecule has 0 aliphatic rings. The van der Waals surface area contributed by atoms with E-state index in [1.165, 1.54) is 0 Å². The number of aryl methyl sites for hydroxylation is 1. The molecule has 4 nitrogen and oxygen atoms in total. The van der Waals surface area contributed by atoms with Gasteiger partial charge in [0.05, 0.1) is 0 Å². The summed E-state index contributed by atoms with van der Waals surface area (Å²) in [5.41, 5.74) is 9.62. The molecule has 0 saturated carbocycles. The fourth-order valence-corrected chi connectivity index (χ4v) is 1.98. The van der Waals surface area contributed by atoms with E-state index in [1.807, 2.05) is 42.6 Å². The molecule has 1 heterocycles. The summed E-state index contributed by atoms with van der Waals surface area (Å²) in [4.78, 5) is 15.1. The first-order valence-electron chi connectivity index (χ1n) is 6.62. The van der Waals surface area contributed by atoms with Crippen molar-refractivity contribution in [2.75, 3.05) is 0 Å². The Hall–Kier alpha value is -2.20. The third-order valence-corrected chi connectivity index (χ3v) is 3.25. The first-order valence-corrected chi connectivity index (χ1v) is 6.62. The van der Waals surface area contributed by atoms with Crippen molar-refractivity contribution in [3.8, 4) is 11.1 Å². The average Bonchev–Trinajstić information content (AvgIpc) is 2.48. The molecule has 4 heteroatoms. The molecule has 1 atom stereocenters. The van der Waals surface area contributed by atoms with E-state index in [2.05, 4.69) is 11.9 Å². The highest BCUT2D eigenvalue weighted by Crippen LogP contribution is 2.19. The molecule has 1 aromatic heterocycles. The fourth-order valence-electron chi connectivity index (χ4n) is 1.98. The Balaban J connectivity index is 2.12. The standard InChI is InChI=1S/C16H18N2O2/c1-2-14-8-7-13(10-18-14)12-5-3-11(4-6-12)9-15(17)16(19)20/h3-8,10,15H,2,9,17H2,1H3,(H,19,20)/t15-/m0/s1. The van der Waals surface area contributed by atoms with Gasteiger partial charge in [-0.3, -0.25) is 9.78 Å². The third kappa shape index (κ3) is 3.42. The topological polar surface area (TPSA) is 76.2 Å². The average molecular weight is 270 g/mol. The minimum Gasteiger partial charge on any atom is -0.480 e. The number of carbonyl (C=O) groups is 1. The summed E-state index contributed by atoms with van der Waals surface area (Å²) < 4.78 is 0. The lowest BCUT2D eigenvalue weighted by Gasteiger charge is -2.08. The number of carboxylic acids is 1. The zero-order chi connectivity index (χ0) is 14.5. The number of aromatic nitrogens is 1. The molecule has 0 unspecified atom stereocenters. The van der Waals surface area contributed by atoms with E-state index < -0.39 is 12.0 Å². The fraction of sp³-hybridized carbons (Fsp3) is 0.250. The second kappa shape index (κ2) is 6.30. The maximum absolute atomic E-state index is 10.7. The number of carboxylic acid groups (broad SMARTS) is 1. The monoisotopic (exact) mass is 270 g/mol. The van der Waals surface area contributed by atoms with E-state index >= 15 is 0 Å². The first-order chi connectivity index (χ1) is 9.60. The number of pyridine rings is 1. The smallest absolute Gasteiger partial charge is 0.320 e. The van der Waals surface area contributed by atoms with Crippen LogP contribution in [-0.4, -0.2) is 22.1 Å². The van der Waals surface area contributed by atoms with Crippen LogP contribution in [0.4, 0.5) is 0 Å². The Labute approximate surface area is 118 Å². The molecule has 0 aliphatic carbocycles. The van der Waals surface area contributed by atoms with Crippen molar-refractivity contribution in [1.29, 1.82) is 0 Å². The Morgan fingerprint density at radius 3 is 2.35 bits per heavy atom. The van der Waals surface area contributed by atoms with Crippen molar-refractivity contribution in [3.05, 3.63) is 53.9 Å². The minimum atomic E-state index is -0.978. The number of nitrogens with zero attached hydrogens (tertiary/aromatic N) is 1. The second-order valence-corrected chi connectivity index (χ2v) is 4.74. The van der Waals surface area contributed by atoms with Crippen LogP contribution in [0.3, 0.4) is 0 Å². The lowest BCUT2D eigenvalue weighted by molar-refractivity contribution is -0.138. The summed E-state index contributed by atoms with van der Waals surface area (Å²) in [7, 11) is 0. The lowest BCUT2D eigenvalue weighted by Crippen LogP contribution is -2.32. The van der Waals surface area contributed by atoms with E-state index in [4.69, 9.17) is 10.8 Å². The molecular formula is C16H18N2O2. The molecule has 20 heavy (non-hydrogen) atoms. The predicted molar refractivity (Wildman–Crippen MR) is 78.4 cm³/mol. The van der Waals surface area contributed by atoms with Crippen LogP contribution in [-0.2, 0) is 17.6 Å². The molecule has 1 aromatic carbocycles. The number of rotatable bonds is 5. The maximum atomic E-state index is 10.7. The van der Waals surface area contributed by atoms with Crippen LogP contribution < -0.4 is 5.73 Å². The molecule has 0 aliphatic heterocycles. The Bertz CT molecular complexity index is 576. The molecule has 0 radical (unpaired) electrons. The van der Waals surface area contributed by atoms with Crippen molar-refractivity contribution in [1.82, 2.24) is 4.98 Å². The predicted octanol–water partition coefficient (Wildman–Crippen LogP) is 2.27. The Morgan fingerprint density at radius 2 is 1.85 bits per heavy atom. The Morgan fingerprint density at radius 1 is 1.20 bits per heavy atom. The zero-order valence-corrected chi connectivity index (χ0v) is 11.4. The van der Waals surface area contributed by atoms with Gasteiger partial charge >= 0.3 is 5.97 Å². The van der Waals surface area contributed by atoms with Crippen LogP contribution in [0.15, 0.2) is 42.6 Å². The number of aliphatic carboxylic acids is 1. The molecule has 0 saturated heterocycles. The largest absolute Gasteiger partial charge is 0.480 e.